The highest BCUT2D eigenvalue weighted by Gasteiger charge is 2.43. The zero-order valence-electron chi connectivity index (χ0n) is 8.41. The predicted molar refractivity (Wildman–Crippen MR) is 59.7 cm³/mol. The molecular weight excluding hydrogens is 230 g/mol. The number of rotatable bonds is 2. The van der Waals surface area contributed by atoms with E-state index >= 15 is 0 Å². The minimum absolute atomic E-state index is 0.0196. The van der Waals surface area contributed by atoms with Gasteiger partial charge >= 0.3 is 0 Å². The van der Waals surface area contributed by atoms with E-state index in [0.717, 1.165) is 22.5 Å². The van der Waals surface area contributed by atoms with Crippen molar-refractivity contribution < 1.29 is 8.78 Å². The molecule has 2 N–H and O–H groups in total. The lowest BCUT2D eigenvalue weighted by Gasteiger charge is -2.00. The van der Waals surface area contributed by atoms with Gasteiger partial charge in [-0.15, -0.1) is 11.3 Å². The van der Waals surface area contributed by atoms with Gasteiger partial charge in [-0.25, -0.2) is 13.8 Å². The lowest BCUT2D eigenvalue weighted by molar-refractivity contribution is 0.151. The standard InChI is InChI=1S/C11H10F2N2S/c12-9(13)6-1-2-8-7(5-6)15-10(16-8)11(14)3-4-11/h1-2,5,9H,3-4,14H2. The van der Waals surface area contributed by atoms with Crippen LogP contribution in [-0.4, -0.2) is 4.98 Å². The molecule has 0 radical (unpaired) electrons. The summed E-state index contributed by atoms with van der Waals surface area (Å²) in [5, 5.41) is 0.869. The van der Waals surface area contributed by atoms with Gasteiger partial charge in [-0.1, -0.05) is 6.07 Å². The maximum absolute atomic E-state index is 12.5. The lowest BCUT2D eigenvalue weighted by atomic mass is 10.2. The Balaban J connectivity index is 2.10. The van der Waals surface area contributed by atoms with E-state index in [-0.39, 0.29) is 11.1 Å². The quantitative estimate of drug-likeness (QED) is 0.875. The summed E-state index contributed by atoms with van der Waals surface area (Å²) in [4.78, 5) is 4.35. The van der Waals surface area contributed by atoms with Gasteiger partial charge in [0.15, 0.2) is 0 Å². The topological polar surface area (TPSA) is 38.9 Å². The van der Waals surface area contributed by atoms with Crippen LogP contribution in [0.3, 0.4) is 0 Å². The molecule has 1 heterocycles. The summed E-state index contributed by atoms with van der Waals surface area (Å²) < 4.78 is 25.9. The molecule has 3 rings (SSSR count). The van der Waals surface area contributed by atoms with Crippen LogP contribution in [-0.2, 0) is 5.54 Å². The minimum Gasteiger partial charge on any atom is -0.319 e. The van der Waals surface area contributed by atoms with Crippen molar-refractivity contribution in [1.82, 2.24) is 4.98 Å². The Kier molecular flexibility index (Phi) is 2.03. The highest BCUT2D eigenvalue weighted by atomic mass is 32.1. The van der Waals surface area contributed by atoms with Crippen LogP contribution < -0.4 is 5.73 Å². The van der Waals surface area contributed by atoms with Crippen LogP contribution in [0.1, 0.15) is 29.8 Å². The first kappa shape index (κ1) is 10.1. The second kappa shape index (κ2) is 3.21. The molecule has 1 saturated carbocycles. The van der Waals surface area contributed by atoms with E-state index in [4.69, 9.17) is 5.73 Å². The third kappa shape index (κ3) is 1.51. The van der Waals surface area contributed by atoms with Crippen molar-refractivity contribution >= 4 is 21.6 Å². The van der Waals surface area contributed by atoms with Crippen molar-refractivity contribution in [3.05, 3.63) is 28.8 Å². The summed E-state index contributed by atoms with van der Waals surface area (Å²) in [6.07, 6.45) is -0.564. The summed E-state index contributed by atoms with van der Waals surface area (Å²) in [7, 11) is 0. The van der Waals surface area contributed by atoms with Crippen molar-refractivity contribution in [2.24, 2.45) is 5.73 Å². The number of benzene rings is 1. The summed E-state index contributed by atoms with van der Waals surface area (Å²) in [6, 6.07) is 4.60. The summed E-state index contributed by atoms with van der Waals surface area (Å²) in [6.45, 7) is 0. The Bertz CT molecular complexity index is 546. The molecule has 1 fully saturated rings. The second-order valence-corrected chi connectivity index (χ2v) is 5.23. The SMILES string of the molecule is NC1(c2nc3cc(C(F)F)ccc3s2)CC1. The fourth-order valence-corrected chi connectivity index (χ4v) is 2.75. The first-order valence-electron chi connectivity index (χ1n) is 5.06. The maximum Gasteiger partial charge on any atom is 0.263 e. The largest absolute Gasteiger partial charge is 0.319 e. The van der Waals surface area contributed by atoms with E-state index in [0.29, 0.717) is 5.52 Å². The molecule has 0 bridgehead atoms. The Hall–Kier alpha value is -1.07. The van der Waals surface area contributed by atoms with Crippen LogP contribution in [0.15, 0.2) is 18.2 Å². The molecule has 2 nitrogen and oxygen atoms in total. The van der Waals surface area contributed by atoms with Crippen molar-refractivity contribution in [1.29, 1.82) is 0 Å². The Morgan fingerprint density at radius 3 is 2.75 bits per heavy atom. The molecule has 0 unspecified atom stereocenters. The zero-order valence-corrected chi connectivity index (χ0v) is 9.23. The van der Waals surface area contributed by atoms with Gasteiger partial charge in [0, 0.05) is 5.56 Å². The van der Waals surface area contributed by atoms with Gasteiger partial charge in [-0.3, -0.25) is 0 Å². The molecule has 1 aromatic carbocycles. The first-order valence-corrected chi connectivity index (χ1v) is 5.88. The molecule has 2 aromatic rings. The summed E-state index contributed by atoms with van der Waals surface area (Å²) in [5.74, 6) is 0. The molecule has 1 aliphatic carbocycles. The monoisotopic (exact) mass is 240 g/mol. The van der Waals surface area contributed by atoms with Crippen LogP contribution in [0.2, 0.25) is 0 Å². The second-order valence-electron chi connectivity index (χ2n) is 4.20. The first-order chi connectivity index (χ1) is 7.58. The third-order valence-corrected chi connectivity index (χ3v) is 4.13. The molecule has 0 atom stereocenters. The average molecular weight is 240 g/mol. The van der Waals surface area contributed by atoms with Gasteiger partial charge in [0.1, 0.15) is 5.01 Å². The number of aromatic nitrogens is 1. The van der Waals surface area contributed by atoms with E-state index < -0.39 is 6.43 Å². The Morgan fingerprint density at radius 2 is 2.12 bits per heavy atom. The van der Waals surface area contributed by atoms with E-state index in [1.165, 1.54) is 23.5 Å². The number of halogens is 2. The highest BCUT2D eigenvalue weighted by Crippen LogP contribution is 2.45. The third-order valence-electron chi connectivity index (χ3n) is 2.88. The van der Waals surface area contributed by atoms with Crippen molar-refractivity contribution in [2.75, 3.05) is 0 Å². The Morgan fingerprint density at radius 1 is 1.38 bits per heavy atom. The number of alkyl halides is 2. The van der Waals surface area contributed by atoms with Gasteiger partial charge in [0.2, 0.25) is 0 Å². The fourth-order valence-electron chi connectivity index (χ4n) is 1.64. The van der Waals surface area contributed by atoms with E-state index in [1.54, 1.807) is 6.07 Å². The van der Waals surface area contributed by atoms with Gasteiger partial charge in [-0.2, -0.15) is 0 Å². The molecule has 84 valence electrons. The molecule has 5 heteroatoms. The van der Waals surface area contributed by atoms with E-state index in [1.807, 2.05) is 0 Å². The van der Waals surface area contributed by atoms with Crippen LogP contribution in [0.5, 0.6) is 0 Å². The molecular formula is C11H10F2N2S. The number of fused-ring (bicyclic) bond motifs is 1. The van der Waals surface area contributed by atoms with Crippen LogP contribution in [0.4, 0.5) is 8.78 Å². The van der Waals surface area contributed by atoms with Crippen molar-refractivity contribution in [2.45, 2.75) is 24.8 Å². The molecule has 0 amide bonds. The highest BCUT2D eigenvalue weighted by molar-refractivity contribution is 7.18. The van der Waals surface area contributed by atoms with E-state index in [9.17, 15) is 8.78 Å². The van der Waals surface area contributed by atoms with Gasteiger partial charge < -0.3 is 5.73 Å². The van der Waals surface area contributed by atoms with E-state index in [2.05, 4.69) is 4.98 Å². The number of nitrogens with zero attached hydrogens (tertiary/aromatic N) is 1. The minimum atomic E-state index is -2.44. The fraction of sp³-hybridized carbons (Fsp3) is 0.364. The van der Waals surface area contributed by atoms with Gasteiger partial charge in [0.05, 0.1) is 15.8 Å². The van der Waals surface area contributed by atoms with Crippen molar-refractivity contribution in [3.8, 4) is 0 Å². The average Bonchev–Trinajstić information content (AvgIpc) is 2.86. The molecule has 1 aliphatic rings. The number of hydrogen-bond acceptors (Lipinski definition) is 3. The van der Waals surface area contributed by atoms with Gasteiger partial charge in [-0.05, 0) is 25.0 Å². The van der Waals surface area contributed by atoms with Crippen LogP contribution >= 0.6 is 11.3 Å². The molecule has 16 heavy (non-hydrogen) atoms. The smallest absolute Gasteiger partial charge is 0.263 e. The molecule has 0 spiro atoms. The number of nitrogens with two attached hydrogens (primary N) is 1. The number of hydrogen-bond donors (Lipinski definition) is 1. The predicted octanol–water partition coefficient (Wildman–Crippen LogP) is 3.18. The zero-order chi connectivity index (χ0) is 11.3. The Labute approximate surface area is 95.1 Å². The number of thiazole rings is 1. The lowest BCUT2D eigenvalue weighted by Crippen LogP contribution is -2.17. The summed E-state index contributed by atoms with van der Waals surface area (Å²) in [5.41, 5.74) is 6.40. The summed E-state index contributed by atoms with van der Waals surface area (Å²) >= 11 is 1.51. The van der Waals surface area contributed by atoms with Crippen LogP contribution in [0.25, 0.3) is 10.2 Å². The molecule has 0 saturated heterocycles. The normalized spacial score (nSPS) is 18.2. The van der Waals surface area contributed by atoms with Crippen LogP contribution in [0, 0.1) is 0 Å². The molecule has 1 aromatic heterocycles. The maximum atomic E-state index is 12.5. The van der Waals surface area contributed by atoms with Crippen molar-refractivity contribution in [3.63, 3.8) is 0 Å². The molecule has 0 aliphatic heterocycles. The van der Waals surface area contributed by atoms with Gasteiger partial charge in [0.25, 0.3) is 6.43 Å².